The van der Waals surface area contributed by atoms with Gasteiger partial charge in [-0.15, -0.1) is 11.8 Å². The van der Waals surface area contributed by atoms with Gasteiger partial charge in [-0.3, -0.25) is 9.00 Å². The number of methoxy groups -OCH3 is 1. The van der Waals surface area contributed by atoms with Gasteiger partial charge in [0.1, 0.15) is 11.4 Å². The number of nitrogens with one attached hydrogen (secondary N) is 5. The lowest BCUT2D eigenvalue weighted by molar-refractivity contribution is -0.123. The predicted octanol–water partition coefficient (Wildman–Crippen LogP) is 2.82. The molecular weight excluding hydrogens is 550 g/mol. The number of carbonyl (C=O) groups is 2. The molecule has 10 nitrogen and oxygen atoms in total. The van der Waals surface area contributed by atoms with Gasteiger partial charge in [-0.1, -0.05) is 54.6 Å². The number of hydrogen-bond donors (Lipinski definition) is 5. The Hall–Kier alpha value is -3.74. The van der Waals surface area contributed by atoms with Crippen molar-refractivity contribution in [1.29, 1.82) is 0 Å². The Morgan fingerprint density at radius 3 is 2.45 bits per heavy atom. The smallest absolute Gasteiger partial charge is 0.407 e. The SMILES string of the molecule is COC(=O)N[C@@H](Cc1ccccc1)C(=O)N[C@@H](Cc1ccc(NS(=O)[O-])cc1)C1=CSC(C2=CNC(C)C=C2)N1. The van der Waals surface area contributed by atoms with E-state index in [1.54, 1.807) is 36.0 Å². The van der Waals surface area contributed by atoms with Crippen LogP contribution in [-0.4, -0.2) is 51.4 Å². The van der Waals surface area contributed by atoms with E-state index in [1.807, 2.05) is 41.9 Å². The summed E-state index contributed by atoms with van der Waals surface area (Å²) in [5.41, 5.74) is 4.12. The molecule has 4 rings (SSSR count). The highest BCUT2D eigenvalue weighted by Crippen LogP contribution is 2.30. The highest BCUT2D eigenvalue weighted by molar-refractivity contribution is 8.03. The lowest BCUT2D eigenvalue weighted by Crippen LogP contribution is -2.52. The number of dihydropyridines is 1. The molecule has 5 atom stereocenters. The van der Waals surface area contributed by atoms with Crippen LogP contribution in [0.5, 0.6) is 0 Å². The Labute approximate surface area is 240 Å². The molecule has 0 fully saturated rings. The fourth-order valence-corrected chi connectivity index (χ4v) is 5.62. The number of carbonyl (C=O) groups excluding carboxylic acids is 2. The van der Waals surface area contributed by atoms with E-state index in [-0.39, 0.29) is 23.7 Å². The van der Waals surface area contributed by atoms with Crippen molar-refractivity contribution in [2.75, 3.05) is 11.8 Å². The van der Waals surface area contributed by atoms with Crippen molar-refractivity contribution in [3.63, 3.8) is 0 Å². The molecule has 12 heteroatoms. The largest absolute Gasteiger partial charge is 0.755 e. The second kappa shape index (κ2) is 14.1. The van der Waals surface area contributed by atoms with E-state index in [2.05, 4.69) is 45.1 Å². The number of thioether (sulfide) groups is 1. The summed E-state index contributed by atoms with van der Waals surface area (Å²) in [5, 5.41) is 14.6. The van der Waals surface area contributed by atoms with Gasteiger partial charge in [0.05, 0.1) is 13.2 Å². The minimum atomic E-state index is -2.42. The van der Waals surface area contributed by atoms with E-state index in [0.717, 1.165) is 22.4 Å². The quantitative estimate of drug-likeness (QED) is 0.255. The number of benzene rings is 2. The van der Waals surface area contributed by atoms with Crippen LogP contribution in [-0.2, 0) is 33.6 Å². The molecule has 0 radical (unpaired) electrons. The van der Waals surface area contributed by atoms with Crippen molar-refractivity contribution in [1.82, 2.24) is 21.3 Å². The van der Waals surface area contributed by atoms with Crippen LogP contribution >= 0.6 is 11.8 Å². The van der Waals surface area contributed by atoms with Crippen LogP contribution in [0.2, 0.25) is 0 Å². The third-order valence-electron chi connectivity index (χ3n) is 6.39. The average Bonchev–Trinajstić information content (AvgIpc) is 3.44. The van der Waals surface area contributed by atoms with Crippen LogP contribution < -0.4 is 26.0 Å². The van der Waals surface area contributed by atoms with E-state index in [4.69, 9.17) is 4.74 Å². The second-order valence-electron chi connectivity index (χ2n) is 9.37. The molecule has 212 valence electrons. The van der Waals surface area contributed by atoms with Gasteiger partial charge < -0.3 is 35.3 Å². The maximum Gasteiger partial charge on any atom is 0.407 e. The van der Waals surface area contributed by atoms with Crippen molar-refractivity contribution < 1.29 is 23.1 Å². The first-order valence-electron chi connectivity index (χ1n) is 12.7. The van der Waals surface area contributed by atoms with Gasteiger partial charge in [-0.2, -0.15) is 0 Å². The maximum atomic E-state index is 13.6. The molecule has 5 N–H and O–H groups in total. The third-order valence-corrected chi connectivity index (χ3v) is 7.84. The zero-order chi connectivity index (χ0) is 28.5. The van der Waals surface area contributed by atoms with Gasteiger partial charge >= 0.3 is 6.09 Å². The van der Waals surface area contributed by atoms with E-state index < -0.39 is 29.4 Å². The van der Waals surface area contributed by atoms with Gasteiger partial charge in [-0.05, 0) is 42.0 Å². The fourth-order valence-electron chi connectivity index (χ4n) is 4.27. The van der Waals surface area contributed by atoms with E-state index in [0.29, 0.717) is 12.1 Å². The minimum absolute atomic E-state index is 0.0300. The zero-order valence-electron chi connectivity index (χ0n) is 22.1. The van der Waals surface area contributed by atoms with Crippen LogP contribution in [0.3, 0.4) is 0 Å². The number of amides is 2. The first-order chi connectivity index (χ1) is 19.3. The molecule has 0 aliphatic carbocycles. The highest BCUT2D eigenvalue weighted by atomic mass is 32.2. The first-order valence-corrected chi connectivity index (χ1v) is 14.7. The van der Waals surface area contributed by atoms with Crippen LogP contribution in [0.25, 0.3) is 0 Å². The maximum absolute atomic E-state index is 13.6. The van der Waals surface area contributed by atoms with Crippen molar-refractivity contribution in [2.45, 2.75) is 43.3 Å². The van der Waals surface area contributed by atoms with Crippen LogP contribution in [0.1, 0.15) is 18.1 Å². The topological polar surface area (TPSA) is 144 Å². The normalized spacial score (nSPS) is 20.1. The van der Waals surface area contributed by atoms with Gasteiger partial charge in [-0.25, -0.2) is 4.79 Å². The molecule has 40 heavy (non-hydrogen) atoms. The van der Waals surface area contributed by atoms with Gasteiger partial charge in [0.25, 0.3) is 0 Å². The molecule has 0 spiro atoms. The Morgan fingerprint density at radius 2 is 1.80 bits per heavy atom. The molecule has 2 aliphatic heterocycles. The highest BCUT2D eigenvalue weighted by Gasteiger charge is 2.30. The molecule has 0 aromatic heterocycles. The Kier molecular flexibility index (Phi) is 10.3. The van der Waals surface area contributed by atoms with E-state index in [9.17, 15) is 18.4 Å². The van der Waals surface area contributed by atoms with Crippen LogP contribution in [0.15, 0.2) is 89.6 Å². The third kappa shape index (κ3) is 8.38. The van der Waals surface area contributed by atoms with E-state index >= 15 is 0 Å². The lowest BCUT2D eigenvalue weighted by Gasteiger charge is -2.26. The summed E-state index contributed by atoms with van der Waals surface area (Å²) in [6.07, 6.45) is 6.18. The second-order valence-corrected chi connectivity index (χ2v) is 11.0. The summed E-state index contributed by atoms with van der Waals surface area (Å²) in [7, 11) is 1.26. The molecule has 2 aliphatic rings. The van der Waals surface area contributed by atoms with Crippen LogP contribution in [0, 0.1) is 0 Å². The molecule has 2 aromatic carbocycles. The number of hydrogen-bond acceptors (Lipinski definition) is 8. The summed E-state index contributed by atoms with van der Waals surface area (Å²) >= 11 is -0.814. The molecule has 0 saturated heterocycles. The Morgan fingerprint density at radius 1 is 1.07 bits per heavy atom. The van der Waals surface area contributed by atoms with Crippen molar-refractivity contribution >= 4 is 40.7 Å². The number of rotatable bonds is 11. The lowest BCUT2D eigenvalue weighted by atomic mass is 10.0. The van der Waals surface area contributed by atoms with Gasteiger partial charge in [0, 0.05) is 46.9 Å². The number of alkyl carbamates (subject to hydrolysis) is 1. The number of anilines is 1. The Bertz CT molecular complexity index is 1300. The number of ether oxygens (including phenoxy) is 1. The molecule has 2 heterocycles. The molecule has 0 saturated carbocycles. The molecule has 2 aromatic rings. The average molecular weight is 583 g/mol. The summed E-state index contributed by atoms with van der Waals surface area (Å²) < 4.78 is 29.0. The van der Waals surface area contributed by atoms with Crippen molar-refractivity contribution in [3.05, 3.63) is 101 Å². The van der Waals surface area contributed by atoms with Crippen LogP contribution in [0.4, 0.5) is 10.5 Å². The summed E-state index contributed by atoms with van der Waals surface area (Å²) in [6.45, 7) is 2.07. The molecule has 2 amide bonds. The standard InChI is InChI=1S/C28H33N5O5S2/c1-18-8-11-21(16-29-18)27-31-25(17-39-27)23(14-20-9-12-22(13-10-20)33-40(36)37)30-26(34)24(32-28(35)38-2)15-19-6-4-3-5-7-19/h3-13,16-18,23-24,27,29,31,33H,14-15H2,1-2H3,(H,30,34)(H,32,35)(H,36,37)/p-1/t18?,23-,24-,27?/m0/s1. The fraction of sp³-hybridized carbons (Fsp3) is 0.286. The van der Waals surface area contributed by atoms with Gasteiger partial charge in [0.2, 0.25) is 5.91 Å². The van der Waals surface area contributed by atoms with Crippen molar-refractivity contribution in [2.24, 2.45) is 0 Å². The molecular formula is C28H32N5O5S2-. The zero-order valence-corrected chi connectivity index (χ0v) is 23.7. The summed E-state index contributed by atoms with van der Waals surface area (Å²) in [6, 6.07) is 15.3. The Balaban J connectivity index is 1.53. The van der Waals surface area contributed by atoms with Crippen molar-refractivity contribution in [3.8, 4) is 0 Å². The minimum Gasteiger partial charge on any atom is -0.755 e. The molecule has 0 bridgehead atoms. The van der Waals surface area contributed by atoms with Gasteiger partial charge in [0.15, 0.2) is 0 Å². The summed E-state index contributed by atoms with van der Waals surface area (Å²) in [4.78, 5) is 25.7. The summed E-state index contributed by atoms with van der Waals surface area (Å²) in [5.74, 6) is -0.359. The monoisotopic (exact) mass is 582 g/mol. The predicted molar refractivity (Wildman–Crippen MR) is 157 cm³/mol. The molecule has 3 unspecified atom stereocenters. The first kappa shape index (κ1) is 29.2. The van der Waals surface area contributed by atoms with E-state index in [1.165, 1.54) is 7.11 Å².